The van der Waals surface area contributed by atoms with Crippen LogP contribution < -0.4 is 5.32 Å². The molecule has 1 unspecified atom stereocenters. The van der Waals surface area contributed by atoms with Crippen LogP contribution in [0.1, 0.15) is 24.1 Å². The van der Waals surface area contributed by atoms with E-state index in [0.29, 0.717) is 11.7 Å². The van der Waals surface area contributed by atoms with Crippen LogP contribution in [0.15, 0.2) is 65.7 Å². The number of aliphatic imine (C=N–C) groups is 1. The van der Waals surface area contributed by atoms with Gasteiger partial charge in [-0.25, -0.2) is 9.79 Å². The maximum atomic E-state index is 12.1. The Balaban J connectivity index is 1.58. The molecule has 2 atom stereocenters. The number of rotatable bonds is 2. The molecule has 2 amide bonds. The smallest absolute Gasteiger partial charge is 0.350 e. The summed E-state index contributed by atoms with van der Waals surface area (Å²) < 4.78 is 5.39. The maximum absolute atomic E-state index is 12.1. The molecular formula is C20H19N3O3. The highest BCUT2D eigenvalue weighted by atomic mass is 16.5. The normalized spacial score (nSPS) is 16.5. The fraction of sp³-hybridized carbons (Fsp3) is 0.200. The van der Waals surface area contributed by atoms with Gasteiger partial charge in [0.1, 0.15) is 18.7 Å². The lowest BCUT2D eigenvalue weighted by molar-refractivity contribution is -0.0560. The topological polar surface area (TPSA) is 74.2 Å². The summed E-state index contributed by atoms with van der Waals surface area (Å²) in [5, 5.41) is 13.0. The van der Waals surface area contributed by atoms with E-state index in [1.165, 1.54) is 0 Å². The average Bonchev–Trinajstić information content (AvgIpc) is 3.15. The van der Waals surface area contributed by atoms with E-state index in [1.54, 1.807) is 6.92 Å². The van der Waals surface area contributed by atoms with Gasteiger partial charge in [-0.2, -0.15) is 5.06 Å². The maximum Gasteiger partial charge on any atom is 0.350 e. The second-order valence-corrected chi connectivity index (χ2v) is 5.76. The number of ether oxygens (including phenoxy) is 1. The molecule has 1 aliphatic heterocycles. The second-order valence-electron chi connectivity index (χ2n) is 5.76. The Kier molecular flexibility index (Phi) is 5.52. The first-order valence-corrected chi connectivity index (χ1v) is 8.24. The zero-order valence-electron chi connectivity index (χ0n) is 14.3. The Bertz CT molecular complexity index is 841. The molecule has 2 aromatic rings. The van der Waals surface area contributed by atoms with Crippen LogP contribution in [0.5, 0.6) is 0 Å². The van der Waals surface area contributed by atoms with E-state index < -0.39 is 12.1 Å². The van der Waals surface area contributed by atoms with E-state index in [2.05, 4.69) is 22.2 Å². The molecule has 26 heavy (non-hydrogen) atoms. The minimum Gasteiger partial charge on any atom is -0.462 e. The third-order valence-electron chi connectivity index (χ3n) is 3.82. The number of amidine groups is 1. The van der Waals surface area contributed by atoms with Gasteiger partial charge in [0.05, 0.1) is 0 Å². The Morgan fingerprint density at radius 2 is 1.88 bits per heavy atom. The Morgan fingerprint density at radius 1 is 1.23 bits per heavy atom. The molecule has 0 fully saturated rings. The molecule has 6 heteroatoms. The quantitative estimate of drug-likeness (QED) is 0.497. The average molecular weight is 349 g/mol. The van der Waals surface area contributed by atoms with Crippen molar-refractivity contribution in [3.63, 3.8) is 0 Å². The molecule has 0 aromatic heterocycles. The van der Waals surface area contributed by atoms with Gasteiger partial charge in [0.25, 0.3) is 6.02 Å². The summed E-state index contributed by atoms with van der Waals surface area (Å²) in [6.07, 6.45) is 0. The van der Waals surface area contributed by atoms with Gasteiger partial charge in [-0.3, -0.25) is 10.5 Å². The lowest BCUT2D eigenvalue weighted by Crippen LogP contribution is -2.44. The number of amides is 2. The molecule has 0 saturated heterocycles. The van der Waals surface area contributed by atoms with Crippen LogP contribution >= 0.6 is 0 Å². The predicted octanol–water partition coefficient (Wildman–Crippen LogP) is 2.95. The van der Waals surface area contributed by atoms with Crippen molar-refractivity contribution in [3.8, 4) is 11.8 Å². The number of nitrogens with zero attached hydrogens (tertiary/aromatic N) is 2. The summed E-state index contributed by atoms with van der Waals surface area (Å²) in [4.78, 5) is 16.5. The summed E-state index contributed by atoms with van der Waals surface area (Å²) >= 11 is 0. The number of benzene rings is 2. The van der Waals surface area contributed by atoms with Gasteiger partial charge in [-0.1, -0.05) is 60.4 Å². The molecule has 0 bridgehead atoms. The zero-order chi connectivity index (χ0) is 18.4. The monoisotopic (exact) mass is 349 g/mol. The molecule has 1 heterocycles. The SMILES string of the molecule is CC(C#Cc1ccccc1)N(O)C(=O)NC1=N[C@H](c2ccccc2)CO1. The van der Waals surface area contributed by atoms with Crippen LogP contribution in [0.4, 0.5) is 4.79 Å². The first-order chi connectivity index (χ1) is 12.6. The highest BCUT2D eigenvalue weighted by Crippen LogP contribution is 2.21. The summed E-state index contributed by atoms with van der Waals surface area (Å²) in [6, 6.07) is 17.5. The summed E-state index contributed by atoms with van der Waals surface area (Å²) in [6.45, 7) is 1.97. The van der Waals surface area contributed by atoms with Gasteiger partial charge < -0.3 is 4.74 Å². The van der Waals surface area contributed by atoms with Gasteiger partial charge in [0.2, 0.25) is 0 Å². The number of carbonyl (C=O) groups excluding carboxylic acids is 1. The second kappa shape index (κ2) is 8.19. The first kappa shape index (κ1) is 17.5. The molecule has 0 radical (unpaired) electrons. The molecular weight excluding hydrogens is 330 g/mol. The summed E-state index contributed by atoms with van der Waals surface area (Å²) in [5.74, 6) is 5.73. The van der Waals surface area contributed by atoms with Gasteiger partial charge in [0, 0.05) is 5.56 Å². The van der Waals surface area contributed by atoms with E-state index in [0.717, 1.165) is 11.1 Å². The fourth-order valence-corrected chi connectivity index (χ4v) is 2.38. The number of hydrogen-bond acceptors (Lipinski definition) is 4. The van der Waals surface area contributed by atoms with E-state index in [9.17, 15) is 10.0 Å². The van der Waals surface area contributed by atoms with Crippen molar-refractivity contribution in [2.75, 3.05) is 6.61 Å². The van der Waals surface area contributed by atoms with Crippen LogP contribution in [0.3, 0.4) is 0 Å². The van der Waals surface area contributed by atoms with Crippen molar-refractivity contribution >= 4 is 12.1 Å². The van der Waals surface area contributed by atoms with Gasteiger partial charge >= 0.3 is 6.03 Å². The highest BCUT2D eigenvalue weighted by molar-refractivity contribution is 5.93. The number of nitrogens with one attached hydrogen (secondary N) is 1. The van der Waals surface area contributed by atoms with Crippen molar-refractivity contribution in [2.24, 2.45) is 4.99 Å². The number of urea groups is 1. The highest BCUT2D eigenvalue weighted by Gasteiger charge is 2.24. The van der Waals surface area contributed by atoms with Gasteiger partial charge in [-0.15, -0.1) is 0 Å². The molecule has 3 rings (SSSR count). The molecule has 132 valence electrons. The number of hydrogen-bond donors (Lipinski definition) is 2. The lowest BCUT2D eigenvalue weighted by Gasteiger charge is -2.18. The lowest BCUT2D eigenvalue weighted by atomic mass is 10.1. The molecule has 0 saturated carbocycles. The van der Waals surface area contributed by atoms with Crippen LogP contribution in [0.2, 0.25) is 0 Å². The molecule has 1 aliphatic rings. The van der Waals surface area contributed by atoms with Crippen molar-refractivity contribution in [2.45, 2.75) is 19.0 Å². The molecule has 0 spiro atoms. The Hall–Kier alpha value is -3.30. The predicted molar refractivity (Wildman–Crippen MR) is 97.5 cm³/mol. The molecule has 2 aromatic carbocycles. The largest absolute Gasteiger partial charge is 0.462 e. The molecule has 2 N–H and O–H groups in total. The summed E-state index contributed by atoms with van der Waals surface area (Å²) in [5.41, 5.74) is 1.81. The van der Waals surface area contributed by atoms with Crippen LogP contribution in [0.25, 0.3) is 0 Å². The van der Waals surface area contributed by atoms with Crippen LogP contribution in [-0.2, 0) is 4.74 Å². The molecule has 0 aliphatic carbocycles. The van der Waals surface area contributed by atoms with Crippen molar-refractivity contribution in [1.82, 2.24) is 10.4 Å². The number of carbonyl (C=O) groups is 1. The molecule has 6 nitrogen and oxygen atoms in total. The first-order valence-electron chi connectivity index (χ1n) is 8.24. The third-order valence-corrected chi connectivity index (χ3v) is 3.82. The standard InChI is InChI=1S/C20H19N3O3/c1-15(12-13-16-8-4-2-5-9-16)23(25)20(24)22-19-21-18(14-26-19)17-10-6-3-7-11-17/h2-11,15,18,25H,14H2,1H3,(H,21,22,24)/t15?,18-/m0/s1. The van der Waals surface area contributed by atoms with E-state index >= 15 is 0 Å². The fourth-order valence-electron chi connectivity index (χ4n) is 2.38. The number of hydroxylamine groups is 2. The van der Waals surface area contributed by atoms with Crippen LogP contribution in [0, 0.1) is 11.8 Å². The van der Waals surface area contributed by atoms with Crippen LogP contribution in [-0.4, -0.2) is 35.0 Å². The minimum atomic E-state index is -0.743. The van der Waals surface area contributed by atoms with Crippen molar-refractivity contribution < 1.29 is 14.7 Å². The Morgan fingerprint density at radius 3 is 2.58 bits per heavy atom. The Labute approximate surface area is 152 Å². The van der Waals surface area contributed by atoms with E-state index in [1.807, 2.05) is 60.7 Å². The van der Waals surface area contributed by atoms with Crippen molar-refractivity contribution in [1.29, 1.82) is 0 Å². The third kappa shape index (κ3) is 4.41. The van der Waals surface area contributed by atoms with Crippen molar-refractivity contribution in [3.05, 3.63) is 71.8 Å². The van der Waals surface area contributed by atoms with Gasteiger partial charge in [0.15, 0.2) is 0 Å². The minimum absolute atomic E-state index is 0.0890. The zero-order valence-corrected chi connectivity index (χ0v) is 14.3. The summed E-state index contributed by atoms with van der Waals surface area (Å²) in [7, 11) is 0. The van der Waals surface area contributed by atoms with Gasteiger partial charge in [-0.05, 0) is 24.6 Å². The van der Waals surface area contributed by atoms with E-state index in [4.69, 9.17) is 4.74 Å². The van der Waals surface area contributed by atoms with E-state index in [-0.39, 0.29) is 12.1 Å².